The molecule has 5 heteroatoms. The second-order valence-electron chi connectivity index (χ2n) is 8.48. The van der Waals surface area contributed by atoms with Gasteiger partial charge in [-0.15, -0.1) is 6.58 Å². The first-order chi connectivity index (χ1) is 15.7. The number of nitrogens with zero attached hydrogens (tertiary/aromatic N) is 2. The SMILES string of the molecule is C=CCN1CCCC[C@H]1[C@@H](Nc1cc(C)nc2c(OCCN)cccc12)c1ccccc1. The second kappa shape index (κ2) is 10.6. The minimum absolute atomic E-state index is 0.162. The van der Waals surface area contributed by atoms with Gasteiger partial charge in [0.25, 0.3) is 0 Å². The lowest BCUT2D eigenvalue weighted by Crippen LogP contribution is -2.45. The molecule has 1 aromatic heterocycles. The van der Waals surface area contributed by atoms with Crippen LogP contribution < -0.4 is 15.8 Å². The summed E-state index contributed by atoms with van der Waals surface area (Å²) in [7, 11) is 0. The predicted octanol–water partition coefficient (Wildman–Crippen LogP) is 5.07. The number of aryl methyl sites for hydroxylation is 1. The fourth-order valence-electron chi connectivity index (χ4n) is 4.77. The maximum atomic E-state index is 5.90. The quantitative estimate of drug-likeness (QED) is 0.464. The number of hydrogen-bond acceptors (Lipinski definition) is 5. The van der Waals surface area contributed by atoms with Gasteiger partial charge in [0.05, 0.1) is 6.04 Å². The van der Waals surface area contributed by atoms with Gasteiger partial charge in [0.15, 0.2) is 0 Å². The van der Waals surface area contributed by atoms with Gasteiger partial charge in [0.1, 0.15) is 17.9 Å². The molecule has 1 aliphatic rings. The van der Waals surface area contributed by atoms with Gasteiger partial charge >= 0.3 is 0 Å². The van der Waals surface area contributed by atoms with E-state index in [4.69, 9.17) is 15.5 Å². The van der Waals surface area contributed by atoms with E-state index in [1.165, 1.54) is 18.4 Å². The average molecular weight is 431 g/mol. The summed E-state index contributed by atoms with van der Waals surface area (Å²) in [6.07, 6.45) is 5.67. The summed E-state index contributed by atoms with van der Waals surface area (Å²) in [6, 6.07) is 19.6. The fourth-order valence-corrected chi connectivity index (χ4v) is 4.77. The molecule has 168 valence electrons. The molecule has 2 heterocycles. The van der Waals surface area contributed by atoms with Crippen LogP contribution in [-0.4, -0.2) is 42.2 Å². The summed E-state index contributed by atoms with van der Waals surface area (Å²) >= 11 is 0. The molecule has 0 unspecified atom stereocenters. The molecular weight excluding hydrogens is 396 g/mol. The van der Waals surface area contributed by atoms with Crippen LogP contribution in [0.15, 0.2) is 67.3 Å². The van der Waals surface area contributed by atoms with E-state index in [1.807, 2.05) is 25.1 Å². The smallest absolute Gasteiger partial charge is 0.145 e. The van der Waals surface area contributed by atoms with Crippen molar-refractivity contribution >= 4 is 16.6 Å². The monoisotopic (exact) mass is 430 g/mol. The molecule has 0 radical (unpaired) electrons. The zero-order chi connectivity index (χ0) is 22.3. The number of piperidine rings is 1. The van der Waals surface area contributed by atoms with Crippen LogP contribution in [0.2, 0.25) is 0 Å². The molecule has 32 heavy (non-hydrogen) atoms. The summed E-state index contributed by atoms with van der Waals surface area (Å²) in [4.78, 5) is 7.36. The van der Waals surface area contributed by atoms with Gasteiger partial charge in [0.2, 0.25) is 0 Å². The zero-order valence-corrected chi connectivity index (χ0v) is 19.0. The molecule has 3 aromatic rings. The average Bonchev–Trinajstić information content (AvgIpc) is 2.82. The molecule has 2 atom stereocenters. The van der Waals surface area contributed by atoms with Crippen molar-refractivity contribution in [2.45, 2.75) is 38.3 Å². The van der Waals surface area contributed by atoms with Crippen LogP contribution in [0.1, 0.15) is 36.6 Å². The molecule has 0 bridgehead atoms. The summed E-state index contributed by atoms with van der Waals surface area (Å²) < 4.78 is 5.90. The second-order valence-corrected chi connectivity index (χ2v) is 8.48. The maximum absolute atomic E-state index is 5.90. The Kier molecular flexibility index (Phi) is 7.40. The van der Waals surface area contributed by atoms with Gasteiger partial charge in [-0.3, -0.25) is 4.90 Å². The molecule has 0 saturated carbocycles. The Hall–Kier alpha value is -2.89. The van der Waals surface area contributed by atoms with E-state index < -0.39 is 0 Å². The van der Waals surface area contributed by atoms with E-state index in [2.05, 4.69) is 59.3 Å². The maximum Gasteiger partial charge on any atom is 0.145 e. The fraction of sp³-hybridized carbons (Fsp3) is 0.370. The van der Waals surface area contributed by atoms with Crippen molar-refractivity contribution < 1.29 is 4.74 Å². The molecule has 2 aromatic carbocycles. The van der Waals surface area contributed by atoms with Crippen molar-refractivity contribution in [1.29, 1.82) is 0 Å². The first-order valence-corrected chi connectivity index (χ1v) is 11.6. The first-order valence-electron chi connectivity index (χ1n) is 11.6. The minimum atomic E-state index is 0.162. The number of nitrogens with two attached hydrogens (primary N) is 1. The van der Waals surface area contributed by atoms with Gasteiger partial charge in [-0.05, 0) is 44.0 Å². The molecule has 5 nitrogen and oxygen atoms in total. The van der Waals surface area contributed by atoms with Gasteiger partial charge in [-0.25, -0.2) is 4.98 Å². The molecule has 1 fully saturated rings. The van der Waals surface area contributed by atoms with E-state index in [-0.39, 0.29) is 6.04 Å². The van der Waals surface area contributed by atoms with Gasteiger partial charge in [0, 0.05) is 35.9 Å². The van der Waals surface area contributed by atoms with E-state index in [0.29, 0.717) is 19.2 Å². The van der Waals surface area contributed by atoms with Crippen LogP contribution in [0, 0.1) is 6.92 Å². The molecule has 1 aliphatic heterocycles. The number of nitrogens with one attached hydrogen (secondary N) is 1. The van der Waals surface area contributed by atoms with Gasteiger partial charge in [-0.1, -0.05) is 55.0 Å². The third-order valence-corrected chi connectivity index (χ3v) is 6.19. The molecular formula is C27H34N4O. The van der Waals surface area contributed by atoms with Crippen LogP contribution in [0.25, 0.3) is 10.9 Å². The predicted molar refractivity (Wildman–Crippen MR) is 133 cm³/mol. The third kappa shape index (κ3) is 4.95. The number of likely N-dealkylation sites (tertiary alicyclic amines) is 1. The number of para-hydroxylation sites is 1. The van der Waals surface area contributed by atoms with Crippen molar-refractivity contribution in [3.63, 3.8) is 0 Å². The first kappa shape index (κ1) is 22.3. The lowest BCUT2D eigenvalue weighted by atomic mass is 9.90. The van der Waals surface area contributed by atoms with Crippen molar-refractivity contribution in [3.05, 3.63) is 78.5 Å². The Bertz CT molecular complexity index is 1040. The van der Waals surface area contributed by atoms with Crippen molar-refractivity contribution in [3.8, 4) is 5.75 Å². The molecule has 1 saturated heterocycles. The Morgan fingerprint density at radius 3 is 2.84 bits per heavy atom. The zero-order valence-electron chi connectivity index (χ0n) is 19.0. The number of rotatable bonds is 9. The van der Waals surface area contributed by atoms with Crippen LogP contribution >= 0.6 is 0 Å². The molecule has 3 N–H and O–H groups in total. The Balaban J connectivity index is 1.76. The largest absolute Gasteiger partial charge is 0.490 e. The molecule has 4 rings (SSSR count). The van der Waals surface area contributed by atoms with Crippen molar-refractivity contribution in [1.82, 2.24) is 9.88 Å². The third-order valence-electron chi connectivity index (χ3n) is 6.19. The van der Waals surface area contributed by atoms with Gasteiger partial charge in [-0.2, -0.15) is 0 Å². The highest BCUT2D eigenvalue weighted by Crippen LogP contribution is 2.36. The summed E-state index contributed by atoms with van der Waals surface area (Å²) in [5.74, 6) is 0.780. The van der Waals surface area contributed by atoms with Crippen LogP contribution in [-0.2, 0) is 0 Å². The van der Waals surface area contributed by atoms with E-state index in [0.717, 1.165) is 47.5 Å². The minimum Gasteiger partial charge on any atom is -0.490 e. The van der Waals surface area contributed by atoms with Crippen LogP contribution in [0.5, 0.6) is 5.75 Å². The van der Waals surface area contributed by atoms with E-state index in [9.17, 15) is 0 Å². The lowest BCUT2D eigenvalue weighted by molar-refractivity contribution is 0.147. The summed E-state index contributed by atoms with van der Waals surface area (Å²) in [6.45, 7) is 9.00. The number of pyridine rings is 1. The highest BCUT2D eigenvalue weighted by atomic mass is 16.5. The Morgan fingerprint density at radius 2 is 2.06 bits per heavy atom. The van der Waals surface area contributed by atoms with Crippen LogP contribution in [0.4, 0.5) is 5.69 Å². The van der Waals surface area contributed by atoms with E-state index in [1.54, 1.807) is 0 Å². The van der Waals surface area contributed by atoms with Crippen LogP contribution in [0.3, 0.4) is 0 Å². The lowest BCUT2D eigenvalue weighted by Gasteiger charge is -2.41. The van der Waals surface area contributed by atoms with Crippen molar-refractivity contribution in [2.75, 3.05) is 31.6 Å². The Labute approximate surface area is 191 Å². The molecule has 0 amide bonds. The Morgan fingerprint density at radius 1 is 1.22 bits per heavy atom. The molecule has 0 spiro atoms. The number of anilines is 1. The van der Waals surface area contributed by atoms with E-state index >= 15 is 0 Å². The van der Waals surface area contributed by atoms with Gasteiger partial charge < -0.3 is 15.8 Å². The van der Waals surface area contributed by atoms with Crippen molar-refractivity contribution in [2.24, 2.45) is 5.73 Å². The highest BCUT2D eigenvalue weighted by molar-refractivity contribution is 5.95. The number of aromatic nitrogens is 1. The standard InChI is InChI=1S/C27H34N4O/c1-3-16-31-17-8-7-13-24(31)26(21-10-5-4-6-11-21)30-23-19-20(2)29-27-22(23)12-9-14-25(27)32-18-15-28/h3-6,9-12,14,19,24,26H,1,7-8,13,15-18,28H2,2H3,(H,29,30)/t24-,26-/m0/s1. The number of hydrogen-bond donors (Lipinski definition) is 2. The highest BCUT2D eigenvalue weighted by Gasteiger charge is 2.31. The molecule has 0 aliphatic carbocycles. The normalized spacial score (nSPS) is 17.8. The number of benzene rings is 2. The summed E-state index contributed by atoms with van der Waals surface area (Å²) in [5.41, 5.74) is 9.88. The number of ether oxygens (including phenoxy) is 1. The summed E-state index contributed by atoms with van der Waals surface area (Å²) in [5, 5.41) is 4.99. The number of fused-ring (bicyclic) bond motifs is 1. The topological polar surface area (TPSA) is 63.4 Å².